The summed E-state index contributed by atoms with van der Waals surface area (Å²) >= 11 is 3.50. The number of halogens is 7. The van der Waals surface area contributed by atoms with Gasteiger partial charge in [-0.05, 0) is 90.7 Å². The molecule has 238 valence electrons. The third-order valence-corrected chi connectivity index (χ3v) is 10.6. The fourth-order valence-electron chi connectivity index (χ4n) is 7.74. The number of rotatable bonds is 5. The first kappa shape index (κ1) is 31.9. The van der Waals surface area contributed by atoms with Gasteiger partial charge in [-0.15, -0.1) is 0 Å². The van der Waals surface area contributed by atoms with E-state index in [2.05, 4.69) is 69.5 Å². The molecule has 2 unspecified atom stereocenters. The van der Waals surface area contributed by atoms with Crippen LogP contribution < -0.4 is 5.32 Å². The molecule has 10 heteroatoms. The van der Waals surface area contributed by atoms with Gasteiger partial charge >= 0.3 is 12.4 Å². The second-order valence-corrected chi connectivity index (χ2v) is 13.6. The highest BCUT2D eigenvalue weighted by Gasteiger charge is 2.51. The van der Waals surface area contributed by atoms with Crippen molar-refractivity contribution in [3.63, 3.8) is 0 Å². The lowest BCUT2D eigenvalue weighted by atomic mass is 9.67. The van der Waals surface area contributed by atoms with Gasteiger partial charge < -0.3 is 5.32 Å². The summed E-state index contributed by atoms with van der Waals surface area (Å²) in [6.45, 7) is 3.52. The standard InChI is InChI=1S/C35H33BrF6N2O/c1-22-21-44(14-13-32(22)11-9-24-5-2-3-8-30(24)32)29-10-12-33(19-29,25-6-4-7-28(36)18-25)31(45)43-20-23-15-26(34(37,38)39)17-27(16-23)35(40,41)42/h2-9,11,15-18,22,29H,10,12-14,19-21H2,1H3,(H,43,45)/t22-,29?,32-,33?/m0/s1. The zero-order valence-electron chi connectivity index (χ0n) is 24.6. The van der Waals surface area contributed by atoms with Gasteiger partial charge in [0.1, 0.15) is 0 Å². The maximum Gasteiger partial charge on any atom is 0.416 e. The van der Waals surface area contributed by atoms with Crippen molar-refractivity contribution >= 4 is 27.9 Å². The third-order valence-electron chi connectivity index (χ3n) is 10.1. The molecular weight excluding hydrogens is 658 g/mol. The van der Waals surface area contributed by atoms with Crippen LogP contribution in [0.1, 0.15) is 66.0 Å². The van der Waals surface area contributed by atoms with Crippen LogP contribution in [-0.2, 0) is 34.5 Å². The molecule has 0 aromatic heterocycles. The largest absolute Gasteiger partial charge is 0.416 e. The van der Waals surface area contributed by atoms with Gasteiger partial charge in [0.2, 0.25) is 5.91 Å². The van der Waals surface area contributed by atoms with Crippen molar-refractivity contribution in [2.24, 2.45) is 5.92 Å². The highest BCUT2D eigenvalue weighted by Crippen LogP contribution is 2.50. The van der Waals surface area contributed by atoms with Crippen molar-refractivity contribution in [1.82, 2.24) is 10.2 Å². The maximum absolute atomic E-state index is 14.1. The molecule has 6 rings (SSSR count). The molecule has 0 bridgehead atoms. The zero-order valence-corrected chi connectivity index (χ0v) is 26.2. The number of nitrogens with zero attached hydrogens (tertiary/aromatic N) is 1. The number of carbonyl (C=O) groups excluding carboxylic acids is 1. The normalized spacial score (nSPS) is 26.8. The number of amides is 1. The van der Waals surface area contributed by atoms with E-state index in [1.165, 1.54) is 11.1 Å². The van der Waals surface area contributed by atoms with Gasteiger partial charge in [0.25, 0.3) is 0 Å². The number of fused-ring (bicyclic) bond motifs is 2. The highest BCUT2D eigenvalue weighted by atomic mass is 79.9. The van der Waals surface area contributed by atoms with Gasteiger partial charge in [-0.3, -0.25) is 9.69 Å². The molecule has 1 amide bonds. The second kappa shape index (κ2) is 11.6. The number of likely N-dealkylation sites (tertiary alicyclic amines) is 1. The number of hydrogen-bond donors (Lipinski definition) is 1. The molecule has 0 radical (unpaired) electrons. The lowest BCUT2D eigenvalue weighted by Crippen LogP contribution is -2.51. The Bertz CT molecular complexity index is 1600. The van der Waals surface area contributed by atoms with E-state index in [1.807, 2.05) is 24.3 Å². The average Bonchev–Trinajstić information content (AvgIpc) is 3.61. The van der Waals surface area contributed by atoms with Crippen LogP contribution in [0.15, 0.2) is 77.3 Å². The van der Waals surface area contributed by atoms with Crippen LogP contribution in [-0.4, -0.2) is 29.9 Å². The molecule has 1 spiro atoms. The number of piperidine rings is 1. The van der Waals surface area contributed by atoms with E-state index in [9.17, 15) is 31.1 Å². The van der Waals surface area contributed by atoms with E-state index in [0.29, 0.717) is 30.9 Å². The Morgan fingerprint density at radius 2 is 1.67 bits per heavy atom. The molecule has 1 N–H and O–H groups in total. The van der Waals surface area contributed by atoms with Crippen LogP contribution in [0, 0.1) is 5.92 Å². The molecule has 1 aliphatic heterocycles. The lowest BCUT2D eigenvalue weighted by Gasteiger charge is -2.46. The predicted molar refractivity (Wildman–Crippen MR) is 164 cm³/mol. The molecule has 1 saturated carbocycles. The fourth-order valence-corrected chi connectivity index (χ4v) is 8.14. The molecule has 2 aliphatic carbocycles. The molecule has 4 atom stereocenters. The van der Waals surface area contributed by atoms with Gasteiger partial charge in [-0.25, -0.2) is 0 Å². The van der Waals surface area contributed by atoms with E-state index >= 15 is 0 Å². The Hall–Kier alpha value is -3.11. The summed E-state index contributed by atoms with van der Waals surface area (Å²) in [6, 6.07) is 17.4. The van der Waals surface area contributed by atoms with Crippen molar-refractivity contribution < 1.29 is 31.1 Å². The Labute approximate surface area is 266 Å². The van der Waals surface area contributed by atoms with E-state index in [0.717, 1.165) is 36.0 Å². The smallest absolute Gasteiger partial charge is 0.351 e. The first-order valence-electron chi connectivity index (χ1n) is 15.1. The van der Waals surface area contributed by atoms with Gasteiger partial charge in [-0.2, -0.15) is 26.3 Å². The van der Waals surface area contributed by atoms with E-state index in [4.69, 9.17) is 0 Å². The quantitative estimate of drug-likeness (QED) is 0.271. The van der Waals surface area contributed by atoms with Crippen molar-refractivity contribution in [2.45, 2.75) is 68.4 Å². The maximum atomic E-state index is 14.1. The molecule has 1 heterocycles. The van der Waals surface area contributed by atoms with Crippen LogP contribution in [0.3, 0.4) is 0 Å². The van der Waals surface area contributed by atoms with Crippen LogP contribution in [0.4, 0.5) is 26.3 Å². The number of nitrogens with one attached hydrogen (secondary N) is 1. The molecule has 3 aromatic rings. The first-order valence-corrected chi connectivity index (χ1v) is 15.9. The Kier molecular flexibility index (Phi) is 8.21. The average molecular weight is 692 g/mol. The van der Waals surface area contributed by atoms with Gasteiger partial charge in [0.05, 0.1) is 16.5 Å². The minimum absolute atomic E-state index is 0.0231. The van der Waals surface area contributed by atoms with Crippen LogP contribution in [0.25, 0.3) is 6.08 Å². The van der Waals surface area contributed by atoms with Crippen molar-refractivity contribution in [3.05, 3.63) is 111 Å². The molecular formula is C35H33BrF6N2O. The molecule has 1 saturated heterocycles. The molecule has 2 fully saturated rings. The number of carbonyl (C=O) groups is 1. The van der Waals surface area contributed by atoms with Crippen LogP contribution in [0.5, 0.6) is 0 Å². The minimum Gasteiger partial charge on any atom is -0.351 e. The summed E-state index contributed by atoms with van der Waals surface area (Å²) in [5.74, 6) is -0.0622. The van der Waals surface area contributed by atoms with Gasteiger partial charge in [0, 0.05) is 29.0 Å². The fraction of sp³-hybridized carbons (Fsp3) is 0.400. The number of hydrogen-bond acceptors (Lipinski definition) is 2. The van der Waals surface area contributed by atoms with Gasteiger partial charge in [-0.1, -0.05) is 71.4 Å². The zero-order chi connectivity index (χ0) is 32.2. The summed E-state index contributed by atoms with van der Waals surface area (Å²) in [5.41, 5.74) is -0.689. The SMILES string of the molecule is C[C@H]1CN(C2CCC(C(=O)NCc3cc(C(F)(F)F)cc(C(F)(F)F)c3)(c3cccc(Br)c3)C2)CC[C@@]12C=Cc1ccccc12. The lowest BCUT2D eigenvalue weighted by molar-refractivity contribution is -0.143. The topological polar surface area (TPSA) is 32.3 Å². The van der Waals surface area contributed by atoms with E-state index in [1.54, 1.807) is 0 Å². The van der Waals surface area contributed by atoms with Crippen molar-refractivity contribution in [1.29, 1.82) is 0 Å². The Morgan fingerprint density at radius 3 is 2.33 bits per heavy atom. The summed E-state index contributed by atoms with van der Waals surface area (Å²) < 4.78 is 81.5. The number of benzene rings is 3. The summed E-state index contributed by atoms with van der Waals surface area (Å²) in [4.78, 5) is 16.5. The summed E-state index contributed by atoms with van der Waals surface area (Å²) in [6.07, 6.45) is -2.67. The highest BCUT2D eigenvalue weighted by molar-refractivity contribution is 9.10. The molecule has 3 nitrogen and oxygen atoms in total. The Balaban J connectivity index is 1.23. The van der Waals surface area contributed by atoms with Crippen LogP contribution >= 0.6 is 15.9 Å². The molecule has 45 heavy (non-hydrogen) atoms. The second-order valence-electron chi connectivity index (χ2n) is 12.7. The van der Waals surface area contributed by atoms with Crippen molar-refractivity contribution in [3.8, 4) is 0 Å². The minimum atomic E-state index is -4.96. The first-order chi connectivity index (χ1) is 21.2. The molecule has 3 aromatic carbocycles. The summed E-state index contributed by atoms with van der Waals surface area (Å²) in [7, 11) is 0. The molecule has 3 aliphatic rings. The predicted octanol–water partition coefficient (Wildman–Crippen LogP) is 8.90. The van der Waals surface area contributed by atoms with E-state index < -0.39 is 41.3 Å². The van der Waals surface area contributed by atoms with Crippen LogP contribution in [0.2, 0.25) is 0 Å². The number of alkyl halides is 6. The summed E-state index contributed by atoms with van der Waals surface area (Å²) in [5, 5.41) is 2.72. The third kappa shape index (κ3) is 5.96. The van der Waals surface area contributed by atoms with Crippen molar-refractivity contribution in [2.75, 3.05) is 13.1 Å². The number of allylic oxidation sites excluding steroid dienone is 1. The monoisotopic (exact) mass is 690 g/mol. The van der Waals surface area contributed by atoms with Gasteiger partial charge in [0.15, 0.2) is 0 Å². The Morgan fingerprint density at radius 1 is 0.956 bits per heavy atom. The van der Waals surface area contributed by atoms with E-state index in [-0.39, 0.29) is 23.1 Å².